The van der Waals surface area contributed by atoms with E-state index in [4.69, 9.17) is 28.3 Å². The van der Waals surface area contributed by atoms with Crippen molar-refractivity contribution in [1.29, 1.82) is 0 Å². The molecule has 1 aromatic carbocycles. The maximum absolute atomic E-state index is 11.7. The second-order valence-electron chi connectivity index (χ2n) is 4.33. The van der Waals surface area contributed by atoms with Crippen LogP contribution in [-0.4, -0.2) is 23.7 Å². The predicted octanol–water partition coefficient (Wildman–Crippen LogP) is 3.62. The van der Waals surface area contributed by atoms with E-state index in [2.05, 4.69) is 10.6 Å². The first-order valence-electron chi connectivity index (χ1n) is 6.14. The van der Waals surface area contributed by atoms with Crippen LogP contribution in [0, 0.1) is 5.92 Å². The SMILES string of the molecule is CCC(CNC(=O)Nc1ccc(Cl)cc1Cl)CC(=O)O. The number of hydrogen-bond acceptors (Lipinski definition) is 2. The number of halogens is 2. The quantitative estimate of drug-likeness (QED) is 0.749. The highest BCUT2D eigenvalue weighted by atomic mass is 35.5. The second-order valence-corrected chi connectivity index (χ2v) is 5.17. The maximum Gasteiger partial charge on any atom is 0.319 e. The van der Waals surface area contributed by atoms with E-state index in [-0.39, 0.29) is 12.3 Å². The van der Waals surface area contributed by atoms with Crippen molar-refractivity contribution < 1.29 is 14.7 Å². The van der Waals surface area contributed by atoms with Gasteiger partial charge in [0.1, 0.15) is 0 Å². The smallest absolute Gasteiger partial charge is 0.319 e. The maximum atomic E-state index is 11.7. The van der Waals surface area contributed by atoms with Gasteiger partial charge < -0.3 is 15.7 Å². The Hall–Kier alpha value is -1.46. The highest BCUT2D eigenvalue weighted by Gasteiger charge is 2.13. The Kier molecular flexibility index (Phi) is 6.61. The predicted molar refractivity (Wildman–Crippen MR) is 79.5 cm³/mol. The number of hydrogen-bond donors (Lipinski definition) is 3. The number of anilines is 1. The topological polar surface area (TPSA) is 78.4 Å². The Morgan fingerprint density at radius 2 is 2.05 bits per heavy atom. The lowest BCUT2D eigenvalue weighted by molar-refractivity contribution is -0.138. The van der Waals surface area contributed by atoms with E-state index in [0.717, 1.165) is 0 Å². The van der Waals surface area contributed by atoms with Gasteiger partial charge in [0.05, 0.1) is 10.7 Å². The van der Waals surface area contributed by atoms with Crippen molar-refractivity contribution >= 4 is 40.9 Å². The van der Waals surface area contributed by atoms with Crippen molar-refractivity contribution in [1.82, 2.24) is 5.32 Å². The van der Waals surface area contributed by atoms with Gasteiger partial charge in [0.25, 0.3) is 0 Å². The summed E-state index contributed by atoms with van der Waals surface area (Å²) in [6.07, 6.45) is 0.701. The molecule has 0 heterocycles. The van der Waals surface area contributed by atoms with Crippen LogP contribution < -0.4 is 10.6 Å². The molecule has 1 atom stereocenters. The van der Waals surface area contributed by atoms with Crippen LogP contribution in [0.15, 0.2) is 18.2 Å². The summed E-state index contributed by atoms with van der Waals surface area (Å²) in [7, 11) is 0. The largest absolute Gasteiger partial charge is 0.481 e. The van der Waals surface area contributed by atoms with Crippen molar-refractivity contribution in [2.45, 2.75) is 19.8 Å². The zero-order chi connectivity index (χ0) is 15.1. The molecule has 0 radical (unpaired) electrons. The first-order valence-corrected chi connectivity index (χ1v) is 6.89. The Morgan fingerprint density at radius 3 is 2.60 bits per heavy atom. The van der Waals surface area contributed by atoms with Crippen molar-refractivity contribution in [2.24, 2.45) is 5.92 Å². The molecule has 0 spiro atoms. The number of carboxylic acid groups (broad SMARTS) is 1. The first kappa shape index (κ1) is 16.6. The van der Waals surface area contributed by atoms with Gasteiger partial charge in [-0.05, 0) is 24.1 Å². The lowest BCUT2D eigenvalue weighted by Gasteiger charge is -2.14. The number of rotatable bonds is 6. The van der Waals surface area contributed by atoms with Gasteiger partial charge in [-0.1, -0.05) is 36.5 Å². The van der Waals surface area contributed by atoms with Crippen molar-refractivity contribution in [3.05, 3.63) is 28.2 Å². The van der Waals surface area contributed by atoms with E-state index in [0.29, 0.717) is 28.7 Å². The standard InChI is InChI=1S/C13H16Cl2N2O3/c1-2-8(5-12(18)19)7-16-13(20)17-11-4-3-9(14)6-10(11)15/h3-4,6,8H,2,5,7H2,1H3,(H,18,19)(H2,16,17,20). The van der Waals surface area contributed by atoms with Gasteiger partial charge in [0, 0.05) is 18.0 Å². The molecule has 0 aromatic heterocycles. The zero-order valence-electron chi connectivity index (χ0n) is 11.0. The zero-order valence-corrected chi connectivity index (χ0v) is 12.5. The molecular formula is C13H16Cl2N2O3. The number of carbonyl (C=O) groups excluding carboxylic acids is 1. The molecule has 0 saturated carbocycles. The number of urea groups is 1. The molecule has 7 heteroatoms. The van der Waals surface area contributed by atoms with Crippen molar-refractivity contribution in [2.75, 3.05) is 11.9 Å². The van der Waals surface area contributed by atoms with E-state index in [1.165, 1.54) is 6.07 Å². The molecule has 1 unspecified atom stereocenters. The second kappa shape index (κ2) is 7.97. The van der Waals surface area contributed by atoms with E-state index >= 15 is 0 Å². The van der Waals surface area contributed by atoms with Crippen LogP contribution in [0.2, 0.25) is 10.0 Å². The summed E-state index contributed by atoms with van der Waals surface area (Å²) in [5.41, 5.74) is 0.444. The van der Waals surface area contributed by atoms with Crippen LogP contribution in [0.1, 0.15) is 19.8 Å². The highest BCUT2D eigenvalue weighted by molar-refractivity contribution is 6.36. The third kappa shape index (κ3) is 5.67. The molecule has 20 heavy (non-hydrogen) atoms. The fraction of sp³-hybridized carbons (Fsp3) is 0.385. The minimum absolute atomic E-state index is 0.0263. The van der Waals surface area contributed by atoms with Gasteiger partial charge in [0.2, 0.25) is 0 Å². The highest BCUT2D eigenvalue weighted by Crippen LogP contribution is 2.25. The summed E-state index contributed by atoms with van der Waals surface area (Å²) in [6.45, 7) is 2.17. The van der Waals surface area contributed by atoms with E-state index < -0.39 is 12.0 Å². The van der Waals surface area contributed by atoms with Gasteiger partial charge >= 0.3 is 12.0 Å². The number of amides is 2. The summed E-state index contributed by atoms with van der Waals surface area (Å²) in [6, 6.07) is 4.30. The molecule has 1 aromatic rings. The molecule has 5 nitrogen and oxygen atoms in total. The van der Waals surface area contributed by atoms with Crippen LogP contribution in [0.5, 0.6) is 0 Å². The fourth-order valence-electron chi connectivity index (χ4n) is 1.60. The average molecular weight is 319 g/mol. The van der Waals surface area contributed by atoms with Crippen molar-refractivity contribution in [3.63, 3.8) is 0 Å². The number of nitrogens with one attached hydrogen (secondary N) is 2. The summed E-state index contributed by atoms with van der Waals surface area (Å²) < 4.78 is 0. The lowest BCUT2D eigenvalue weighted by atomic mass is 10.0. The Bertz CT molecular complexity index is 495. The summed E-state index contributed by atoms with van der Waals surface area (Å²) in [4.78, 5) is 22.3. The van der Waals surface area contributed by atoms with Gasteiger partial charge in [-0.3, -0.25) is 4.79 Å². The number of benzene rings is 1. The fourth-order valence-corrected chi connectivity index (χ4v) is 2.06. The molecule has 0 fully saturated rings. The molecular weight excluding hydrogens is 303 g/mol. The van der Waals surface area contributed by atoms with Crippen LogP contribution >= 0.6 is 23.2 Å². The summed E-state index contributed by atoms with van der Waals surface area (Å²) in [5, 5.41) is 14.7. The minimum Gasteiger partial charge on any atom is -0.481 e. The minimum atomic E-state index is -0.875. The molecule has 2 amide bonds. The van der Waals surface area contributed by atoms with Crippen LogP contribution in [0.4, 0.5) is 10.5 Å². The summed E-state index contributed by atoms with van der Waals surface area (Å²) in [5.74, 6) is -0.973. The first-order chi connectivity index (χ1) is 9.42. The number of carbonyl (C=O) groups is 2. The molecule has 0 aliphatic heterocycles. The van der Waals surface area contributed by atoms with Crippen molar-refractivity contribution in [3.8, 4) is 0 Å². The normalized spacial score (nSPS) is 11.8. The lowest BCUT2D eigenvalue weighted by Crippen LogP contribution is -2.33. The van der Waals surface area contributed by atoms with E-state index in [1.807, 2.05) is 6.92 Å². The molecule has 0 bridgehead atoms. The Balaban J connectivity index is 2.49. The Morgan fingerprint density at radius 1 is 1.35 bits per heavy atom. The van der Waals surface area contributed by atoms with E-state index in [9.17, 15) is 9.59 Å². The molecule has 0 saturated heterocycles. The Labute approximate surface area is 127 Å². The van der Waals surface area contributed by atoms with Gasteiger partial charge in [-0.2, -0.15) is 0 Å². The third-order valence-corrected chi connectivity index (χ3v) is 3.32. The van der Waals surface area contributed by atoms with Gasteiger partial charge in [-0.15, -0.1) is 0 Å². The molecule has 110 valence electrons. The molecule has 0 aliphatic rings. The third-order valence-electron chi connectivity index (χ3n) is 2.77. The summed E-state index contributed by atoms with van der Waals surface area (Å²) >= 11 is 11.7. The van der Waals surface area contributed by atoms with Crippen LogP contribution in [0.25, 0.3) is 0 Å². The molecule has 3 N–H and O–H groups in total. The van der Waals surface area contributed by atoms with E-state index in [1.54, 1.807) is 12.1 Å². The van der Waals surface area contributed by atoms with Gasteiger partial charge in [0.15, 0.2) is 0 Å². The molecule has 0 aliphatic carbocycles. The monoisotopic (exact) mass is 318 g/mol. The molecule has 1 rings (SSSR count). The average Bonchev–Trinajstić information content (AvgIpc) is 2.37. The number of aliphatic carboxylic acids is 1. The van der Waals surface area contributed by atoms with Gasteiger partial charge in [-0.25, -0.2) is 4.79 Å². The van der Waals surface area contributed by atoms with Crippen LogP contribution in [0.3, 0.4) is 0 Å². The number of carboxylic acids is 1. The van der Waals surface area contributed by atoms with Crippen LogP contribution in [-0.2, 0) is 4.79 Å².